The highest BCUT2D eigenvalue weighted by Crippen LogP contribution is 2.25. The molecule has 23 heavy (non-hydrogen) atoms. The number of rotatable bonds is 2. The standard InChI is InChI=1S/C16H16N6O/c23-16(14-8-7-11-4-1-2-6-13(11)17-14)22-9-3-5-12(10-22)15-18-20-21-19-15/h1-2,4,6-8,12H,3,5,9-10H2,(H,18,19,20,21). The van der Waals surface area contributed by atoms with Gasteiger partial charge < -0.3 is 4.90 Å². The minimum Gasteiger partial charge on any atom is -0.337 e. The maximum absolute atomic E-state index is 12.8. The summed E-state index contributed by atoms with van der Waals surface area (Å²) in [5.41, 5.74) is 1.32. The number of aromatic nitrogens is 5. The van der Waals surface area contributed by atoms with E-state index >= 15 is 0 Å². The molecular weight excluding hydrogens is 292 g/mol. The van der Waals surface area contributed by atoms with E-state index in [2.05, 4.69) is 25.6 Å². The van der Waals surface area contributed by atoms with Crippen molar-refractivity contribution >= 4 is 16.8 Å². The van der Waals surface area contributed by atoms with E-state index in [1.807, 2.05) is 35.2 Å². The van der Waals surface area contributed by atoms with Gasteiger partial charge in [-0.1, -0.05) is 29.5 Å². The van der Waals surface area contributed by atoms with Crippen LogP contribution in [0.1, 0.15) is 35.1 Å². The van der Waals surface area contributed by atoms with Crippen LogP contribution < -0.4 is 0 Å². The van der Waals surface area contributed by atoms with Crippen molar-refractivity contribution in [2.45, 2.75) is 18.8 Å². The Labute approximate surface area is 132 Å². The Balaban J connectivity index is 1.57. The summed E-state index contributed by atoms with van der Waals surface area (Å²) in [5.74, 6) is 0.768. The van der Waals surface area contributed by atoms with E-state index in [0.29, 0.717) is 18.1 Å². The SMILES string of the molecule is O=C(c1ccc2ccccc2n1)N1CCCC(c2nn[nH]n2)C1. The van der Waals surface area contributed by atoms with Crippen LogP contribution >= 0.6 is 0 Å². The number of amides is 1. The summed E-state index contributed by atoms with van der Waals surface area (Å²) in [6.07, 6.45) is 1.90. The molecule has 1 amide bonds. The van der Waals surface area contributed by atoms with Gasteiger partial charge in [0, 0.05) is 24.4 Å². The first-order valence-electron chi connectivity index (χ1n) is 7.70. The summed E-state index contributed by atoms with van der Waals surface area (Å²) < 4.78 is 0. The van der Waals surface area contributed by atoms with Gasteiger partial charge >= 0.3 is 0 Å². The number of carbonyl (C=O) groups is 1. The topological polar surface area (TPSA) is 87.7 Å². The number of benzene rings is 1. The number of nitrogens with zero attached hydrogens (tertiary/aromatic N) is 5. The zero-order valence-electron chi connectivity index (χ0n) is 12.5. The Hall–Kier alpha value is -2.83. The molecule has 1 aliphatic rings. The molecule has 3 heterocycles. The molecule has 0 spiro atoms. The summed E-state index contributed by atoms with van der Waals surface area (Å²) in [5, 5.41) is 15.2. The number of likely N-dealkylation sites (tertiary alicyclic amines) is 1. The summed E-state index contributed by atoms with van der Waals surface area (Å²) >= 11 is 0. The maximum Gasteiger partial charge on any atom is 0.272 e. The lowest BCUT2D eigenvalue weighted by Gasteiger charge is -2.31. The molecule has 3 aromatic rings. The third kappa shape index (κ3) is 2.65. The fourth-order valence-corrected chi connectivity index (χ4v) is 3.06. The van der Waals surface area contributed by atoms with Crippen LogP contribution in [0.2, 0.25) is 0 Å². The number of carbonyl (C=O) groups excluding carboxylic acids is 1. The number of pyridine rings is 1. The molecule has 1 aromatic carbocycles. The zero-order chi connectivity index (χ0) is 15.6. The average Bonchev–Trinajstić information content (AvgIpc) is 3.15. The smallest absolute Gasteiger partial charge is 0.272 e. The molecule has 4 rings (SSSR count). The molecule has 0 aliphatic carbocycles. The summed E-state index contributed by atoms with van der Waals surface area (Å²) in [4.78, 5) is 19.1. The van der Waals surface area contributed by atoms with E-state index in [1.54, 1.807) is 6.07 Å². The van der Waals surface area contributed by atoms with Crippen molar-refractivity contribution in [2.75, 3.05) is 13.1 Å². The predicted molar refractivity (Wildman–Crippen MR) is 83.8 cm³/mol. The van der Waals surface area contributed by atoms with Gasteiger partial charge in [-0.05, 0) is 25.0 Å². The Morgan fingerprint density at radius 2 is 2.13 bits per heavy atom. The van der Waals surface area contributed by atoms with Crippen molar-refractivity contribution in [3.63, 3.8) is 0 Å². The van der Waals surface area contributed by atoms with Gasteiger partial charge in [-0.2, -0.15) is 5.21 Å². The second-order valence-corrected chi connectivity index (χ2v) is 5.75. The number of piperidine rings is 1. The van der Waals surface area contributed by atoms with Gasteiger partial charge in [-0.25, -0.2) is 4.98 Å². The van der Waals surface area contributed by atoms with Crippen LogP contribution in [0.5, 0.6) is 0 Å². The first-order chi connectivity index (χ1) is 11.3. The Morgan fingerprint density at radius 3 is 3.00 bits per heavy atom. The van der Waals surface area contributed by atoms with E-state index in [1.165, 1.54) is 0 Å². The molecule has 7 nitrogen and oxygen atoms in total. The van der Waals surface area contributed by atoms with Gasteiger partial charge in [0.25, 0.3) is 5.91 Å². The van der Waals surface area contributed by atoms with Crippen molar-refractivity contribution in [1.29, 1.82) is 0 Å². The van der Waals surface area contributed by atoms with Gasteiger partial charge in [-0.3, -0.25) is 4.79 Å². The number of fused-ring (bicyclic) bond motifs is 1. The highest BCUT2D eigenvalue weighted by Gasteiger charge is 2.28. The molecule has 0 bridgehead atoms. The van der Waals surface area contributed by atoms with Crippen LogP contribution in [0.25, 0.3) is 10.9 Å². The normalized spacial score (nSPS) is 18.3. The molecule has 2 aromatic heterocycles. The first-order valence-corrected chi connectivity index (χ1v) is 7.70. The number of hydrogen-bond donors (Lipinski definition) is 1. The van der Waals surface area contributed by atoms with Crippen LogP contribution in [0.4, 0.5) is 0 Å². The third-order valence-electron chi connectivity index (χ3n) is 4.25. The summed E-state index contributed by atoms with van der Waals surface area (Å²) in [7, 11) is 0. The lowest BCUT2D eigenvalue weighted by atomic mass is 9.97. The molecule has 7 heteroatoms. The number of nitrogens with one attached hydrogen (secondary N) is 1. The molecule has 1 saturated heterocycles. The number of hydrogen-bond acceptors (Lipinski definition) is 5. The van der Waals surface area contributed by atoms with Crippen LogP contribution in [-0.2, 0) is 0 Å². The fourth-order valence-electron chi connectivity index (χ4n) is 3.06. The number of aromatic amines is 1. The van der Waals surface area contributed by atoms with Crippen molar-refractivity contribution in [2.24, 2.45) is 0 Å². The molecule has 1 N–H and O–H groups in total. The number of tetrazole rings is 1. The number of H-pyrrole nitrogens is 1. The largest absolute Gasteiger partial charge is 0.337 e. The predicted octanol–water partition coefficient (Wildman–Crippen LogP) is 1.77. The lowest BCUT2D eigenvalue weighted by Crippen LogP contribution is -2.39. The second kappa shape index (κ2) is 5.75. The minimum absolute atomic E-state index is 0.0380. The molecule has 1 fully saturated rings. The van der Waals surface area contributed by atoms with Crippen molar-refractivity contribution < 1.29 is 4.79 Å². The zero-order valence-corrected chi connectivity index (χ0v) is 12.5. The Morgan fingerprint density at radius 1 is 1.22 bits per heavy atom. The molecule has 0 saturated carbocycles. The first kappa shape index (κ1) is 13.8. The van der Waals surface area contributed by atoms with Gasteiger partial charge in [0.2, 0.25) is 0 Å². The second-order valence-electron chi connectivity index (χ2n) is 5.75. The van der Waals surface area contributed by atoms with Crippen LogP contribution in [0.15, 0.2) is 36.4 Å². The van der Waals surface area contributed by atoms with Crippen molar-refractivity contribution in [3.05, 3.63) is 47.9 Å². The molecule has 0 radical (unpaired) electrons. The fraction of sp³-hybridized carbons (Fsp3) is 0.312. The molecule has 1 aliphatic heterocycles. The summed E-state index contributed by atoms with van der Waals surface area (Å²) in [6.45, 7) is 1.34. The van der Waals surface area contributed by atoms with E-state index < -0.39 is 0 Å². The lowest BCUT2D eigenvalue weighted by molar-refractivity contribution is 0.0699. The number of para-hydroxylation sites is 1. The van der Waals surface area contributed by atoms with Crippen molar-refractivity contribution in [3.8, 4) is 0 Å². The van der Waals surface area contributed by atoms with Gasteiger partial charge in [0.1, 0.15) is 5.69 Å². The Kier molecular flexibility index (Phi) is 3.45. The van der Waals surface area contributed by atoms with E-state index in [-0.39, 0.29) is 11.8 Å². The van der Waals surface area contributed by atoms with Crippen LogP contribution in [0, 0.1) is 0 Å². The monoisotopic (exact) mass is 308 g/mol. The van der Waals surface area contributed by atoms with Gasteiger partial charge in [-0.15, -0.1) is 10.2 Å². The quantitative estimate of drug-likeness (QED) is 0.779. The van der Waals surface area contributed by atoms with Gasteiger partial charge in [0.05, 0.1) is 5.52 Å². The van der Waals surface area contributed by atoms with E-state index in [0.717, 1.165) is 30.3 Å². The molecule has 116 valence electrons. The highest BCUT2D eigenvalue weighted by atomic mass is 16.2. The average molecular weight is 308 g/mol. The van der Waals surface area contributed by atoms with Crippen molar-refractivity contribution in [1.82, 2.24) is 30.5 Å². The molecular formula is C16H16N6O. The van der Waals surface area contributed by atoms with E-state index in [9.17, 15) is 4.79 Å². The molecule has 1 atom stereocenters. The van der Waals surface area contributed by atoms with Crippen LogP contribution in [0.3, 0.4) is 0 Å². The highest BCUT2D eigenvalue weighted by molar-refractivity contribution is 5.95. The van der Waals surface area contributed by atoms with E-state index in [4.69, 9.17) is 0 Å². The minimum atomic E-state index is -0.0380. The third-order valence-corrected chi connectivity index (χ3v) is 4.25. The Bertz CT molecular complexity index is 831. The summed E-state index contributed by atoms with van der Waals surface area (Å²) in [6, 6.07) is 11.5. The molecule has 1 unspecified atom stereocenters. The van der Waals surface area contributed by atoms with Gasteiger partial charge in [0.15, 0.2) is 5.82 Å². The maximum atomic E-state index is 12.8. The van der Waals surface area contributed by atoms with Crippen LogP contribution in [-0.4, -0.2) is 49.5 Å².